The molecule has 0 fully saturated rings. The van der Waals surface area contributed by atoms with Crippen molar-refractivity contribution in [1.82, 2.24) is 5.32 Å². The van der Waals surface area contributed by atoms with Crippen molar-refractivity contribution in [2.45, 2.75) is 19.4 Å². The van der Waals surface area contributed by atoms with Crippen LogP contribution in [0.25, 0.3) is 5.57 Å². The molecule has 2 N–H and O–H groups in total. The third kappa shape index (κ3) is 3.71. The maximum atomic E-state index is 6.55. The fourth-order valence-electron chi connectivity index (χ4n) is 4.05. The van der Waals surface area contributed by atoms with Gasteiger partial charge in [-0.1, -0.05) is 54.1 Å². The van der Waals surface area contributed by atoms with Gasteiger partial charge in [0.25, 0.3) is 0 Å². The number of nitrogens with one attached hydrogen (secondary N) is 2. The first kappa shape index (κ1) is 18.2. The summed E-state index contributed by atoms with van der Waals surface area (Å²) in [6.45, 7) is 1.95. The van der Waals surface area contributed by atoms with E-state index in [1.807, 2.05) is 24.4 Å². The van der Waals surface area contributed by atoms with Gasteiger partial charge in [-0.05, 0) is 59.5 Å². The first-order valence-corrected chi connectivity index (χ1v) is 10.4. The summed E-state index contributed by atoms with van der Waals surface area (Å²) in [5, 5.41) is 7.78. The standard InChI is InChI=1S/C25H22ClN3/c26-23-10-9-20(29-24-8-4-7-18-15-27-12-11-21(18)24)14-22(23)25-13-19(16-28-25)17-5-2-1-3-6-17/h1-10,14,16,27,29H,11-13,15H2. The first-order valence-electron chi connectivity index (χ1n) is 9.97. The Morgan fingerprint density at radius 1 is 0.966 bits per heavy atom. The number of allylic oxidation sites excluding steroid dienone is 1. The van der Waals surface area contributed by atoms with E-state index in [1.165, 1.54) is 28.0 Å². The van der Waals surface area contributed by atoms with E-state index >= 15 is 0 Å². The Labute approximate surface area is 176 Å². The molecule has 0 saturated heterocycles. The van der Waals surface area contributed by atoms with Crippen molar-refractivity contribution in [1.29, 1.82) is 0 Å². The highest BCUT2D eigenvalue weighted by Crippen LogP contribution is 2.32. The van der Waals surface area contributed by atoms with Gasteiger partial charge in [0.2, 0.25) is 0 Å². The molecule has 0 bridgehead atoms. The molecule has 0 saturated carbocycles. The molecule has 0 spiro atoms. The van der Waals surface area contributed by atoms with Crippen LogP contribution in [0.2, 0.25) is 5.02 Å². The van der Waals surface area contributed by atoms with Crippen LogP contribution in [-0.2, 0) is 13.0 Å². The molecule has 3 aromatic carbocycles. The van der Waals surface area contributed by atoms with Crippen LogP contribution in [0, 0.1) is 0 Å². The number of hydrogen-bond acceptors (Lipinski definition) is 3. The fraction of sp³-hybridized carbons (Fsp3) is 0.160. The van der Waals surface area contributed by atoms with Crippen molar-refractivity contribution < 1.29 is 0 Å². The predicted molar refractivity (Wildman–Crippen MR) is 122 cm³/mol. The van der Waals surface area contributed by atoms with Gasteiger partial charge in [0, 0.05) is 41.1 Å². The molecule has 3 nitrogen and oxygen atoms in total. The summed E-state index contributed by atoms with van der Waals surface area (Å²) >= 11 is 6.55. The van der Waals surface area contributed by atoms with Gasteiger partial charge < -0.3 is 10.6 Å². The van der Waals surface area contributed by atoms with Crippen molar-refractivity contribution in [3.8, 4) is 0 Å². The highest BCUT2D eigenvalue weighted by molar-refractivity contribution is 6.35. The van der Waals surface area contributed by atoms with Crippen molar-refractivity contribution in [2.24, 2.45) is 4.99 Å². The normalized spacial score (nSPS) is 15.5. The summed E-state index contributed by atoms with van der Waals surface area (Å²) in [4.78, 5) is 4.68. The van der Waals surface area contributed by atoms with E-state index in [-0.39, 0.29) is 0 Å². The molecule has 0 aromatic heterocycles. The van der Waals surface area contributed by atoms with Crippen molar-refractivity contribution >= 4 is 34.3 Å². The van der Waals surface area contributed by atoms with E-state index < -0.39 is 0 Å². The third-order valence-corrected chi connectivity index (χ3v) is 5.90. The molecule has 5 rings (SSSR count). The number of hydrogen-bond donors (Lipinski definition) is 2. The van der Waals surface area contributed by atoms with Gasteiger partial charge in [-0.3, -0.25) is 4.99 Å². The molecule has 29 heavy (non-hydrogen) atoms. The quantitative estimate of drug-likeness (QED) is 0.567. The van der Waals surface area contributed by atoms with E-state index in [0.29, 0.717) is 0 Å². The monoisotopic (exact) mass is 399 g/mol. The molecule has 144 valence electrons. The zero-order valence-electron chi connectivity index (χ0n) is 16.1. The zero-order chi connectivity index (χ0) is 19.6. The minimum Gasteiger partial charge on any atom is -0.355 e. The lowest BCUT2D eigenvalue weighted by atomic mass is 9.98. The number of fused-ring (bicyclic) bond motifs is 1. The lowest BCUT2D eigenvalue weighted by Crippen LogP contribution is -2.24. The summed E-state index contributed by atoms with van der Waals surface area (Å²) in [5.74, 6) is 0. The second-order valence-corrected chi connectivity index (χ2v) is 7.87. The molecule has 4 heteroatoms. The minimum absolute atomic E-state index is 0.733. The van der Waals surface area contributed by atoms with Gasteiger partial charge >= 0.3 is 0 Å². The average Bonchev–Trinajstić information content (AvgIpc) is 3.26. The number of benzene rings is 3. The van der Waals surface area contributed by atoms with E-state index in [9.17, 15) is 0 Å². The summed E-state index contributed by atoms with van der Waals surface area (Å²) in [7, 11) is 0. The average molecular weight is 400 g/mol. The summed E-state index contributed by atoms with van der Waals surface area (Å²) < 4.78 is 0. The molecule has 0 aliphatic carbocycles. The molecular weight excluding hydrogens is 378 g/mol. The van der Waals surface area contributed by atoms with Crippen LogP contribution in [0.1, 0.15) is 28.7 Å². The fourth-order valence-corrected chi connectivity index (χ4v) is 4.28. The maximum absolute atomic E-state index is 6.55. The number of nitrogens with zero attached hydrogens (tertiary/aromatic N) is 1. The van der Waals surface area contributed by atoms with Gasteiger partial charge in [0.1, 0.15) is 0 Å². The van der Waals surface area contributed by atoms with Gasteiger partial charge in [0.15, 0.2) is 0 Å². The molecular formula is C25H22ClN3. The number of halogens is 1. The van der Waals surface area contributed by atoms with Crippen LogP contribution in [0.3, 0.4) is 0 Å². The molecule has 3 aromatic rings. The highest BCUT2D eigenvalue weighted by Gasteiger charge is 2.17. The van der Waals surface area contributed by atoms with Crippen molar-refractivity contribution in [3.05, 3.63) is 100 Å². The highest BCUT2D eigenvalue weighted by atomic mass is 35.5. The molecule has 0 unspecified atom stereocenters. The molecule has 0 atom stereocenters. The van der Waals surface area contributed by atoms with Crippen molar-refractivity contribution in [2.75, 3.05) is 11.9 Å². The Hall–Kier alpha value is -2.88. The van der Waals surface area contributed by atoms with Crippen LogP contribution in [0.4, 0.5) is 11.4 Å². The molecule has 2 heterocycles. The second-order valence-electron chi connectivity index (χ2n) is 7.46. The summed E-state index contributed by atoms with van der Waals surface area (Å²) in [5.41, 5.74) is 9.41. The second kappa shape index (κ2) is 7.86. The third-order valence-electron chi connectivity index (χ3n) is 5.58. The Balaban J connectivity index is 1.39. The van der Waals surface area contributed by atoms with Crippen LogP contribution in [-0.4, -0.2) is 12.3 Å². The van der Waals surface area contributed by atoms with Crippen LogP contribution < -0.4 is 10.6 Å². The Morgan fingerprint density at radius 2 is 1.86 bits per heavy atom. The Kier molecular flexibility index (Phi) is 4.92. The predicted octanol–water partition coefficient (Wildman–Crippen LogP) is 5.96. The Morgan fingerprint density at radius 3 is 2.76 bits per heavy atom. The number of aliphatic imine (C=N–C) groups is 1. The van der Waals surface area contributed by atoms with Crippen molar-refractivity contribution in [3.63, 3.8) is 0 Å². The first-order chi connectivity index (χ1) is 14.3. The Bertz CT molecular complexity index is 1120. The summed E-state index contributed by atoms with van der Waals surface area (Å²) in [6, 6.07) is 23.0. The SMILES string of the molecule is Clc1ccc(Nc2cccc3c2CCNC3)cc1C1=NC=C(c2ccccc2)C1. The van der Waals surface area contributed by atoms with E-state index in [2.05, 4.69) is 64.2 Å². The molecule has 2 aliphatic rings. The van der Waals surface area contributed by atoms with Crippen LogP contribution in [0.15, 0.2) is 77.9 Å². The number of rotatable bonds is 4. The molecule has 2 aliphatic heterocycles. The topological polar surface area (TPSA) is 36.4 Å². The van der Waals surface area contributed by atoms with E-state index in [0.717, 1.165) is 47.9 Å². The van der Waals surface area contributed by atoms with Gasteiger partial charge in [-0.15, -0.1) is 0 Å². The number of anilines is 2. The van der Waals surface area contributed by atoms with Gasteiger partial charge in [-0.2, -0.15) is 0 Å². The largest absolute Gasteiger partial charge is 0.355 e. The minimum atomic E-state index is 0.733. The van der Waals surface area contributed by atoms with Gasteiger partial charge in [0.05, 0.1) is 5.71 Å². The smallest absolute Gasteiger partial charge is 0.0536 e. The van der Waals surface area contributed by atoms with Crippen LogP contribution in [0.5, 0.6) is 0 Å². The lowest BCUT2D eigenvalue weighted by Gasteiger charge is -2.21. The zero-order valence-corrected chi connectivity index (χ0v) is 16.8. The van der Waals surface area contributed by atoms with E-state index in [1.54, 1.807) is 0 Å². The summed E-state index contributed by atoms with van der Waals surface area (Å²) in [6.07, 6.45) is 3.79. The lowest BCUT2D eigenvalue weighted by molar-refractivity contribution is 0.645. The van der Waals surface area contributed by atoms with Gasteiger partial charge in [-0.25, -0.2) is 0 Å². The molecule has 0 radical (unpaired) electrons. The van der Waals surface area contributed by atoms with Crippen LogP contribution >= 0.6 is 11.6 Å². The van der Waals surface area contributed by atoms with E-state index in [4.69, 9.17) is 11.6 Å². The maximum Gasteiger partial charge on any atom is 0.0536 e. The molecule has 0 amide bonds.